The highest BCUT2D eigenvalue weighted by molar-refractivity contribution is 6.36. The molecule has 0 aliphatic heterocycles. The lowest BCUT2D eigenvalue weighted by molar-refractivity contribution is 0.0636. The van der Waals surface area contributed by atoms with Gasteiger partial charge in [-0.25, -0.2) is 9.48 Å². The molecule has 7 nitrogen and oxygen atoms in total. The molecular formula is C27H31Cl2N3O4. The van der Waals surface area contributed by atoms with E-state index in [0.717, 1.165) is 11.3 Å². The molecular weight excluding hydrogens is 501 g/mol. The van der Waals surface area contributed by atoms with E-state index in [9.17, 15) is 9.59 Å². The van der Waals surface area contributed by atoms with Crippen molar-refractivity contribution in [2.24, 2.45) is 0 Å². The second-order valence-corrected chi connectivity index (χ2v) is 10.6. The SMILES string of the molecule is COc1ccc(Cn2nc(Cc3c(Cl)cc(NC(=O)OC(C)(C)C)cc3Cl)cc(C(C)C)c2=O)cc1. The van der Waals surface area contributed by atoms with Crippen LogP contribution in [-0.4, -0.2) is 28.6 Å². The van der Waals surface area contributed by atoms with E-state index < -0.39 is 11.7 Å². The summed E-state index contributed by atoms with van der Waals surface area (Å²) in [5, 5.41) is 7.99. The van der Waals surface area contributed by atoms with Crippen molar-refractivity contribution in [3.8, 4) is 5.75 Å². The molecule has 192 valence electrons. The van der Waals surface area contributed by atoms with Gasteiger partial charge < -0.3 is 9.47 Å². The third-order valence-electron chi connectivity index (χ3n) is 5.31. The lowest BCUT2D eigenvalue weighted by atomic mass is 10.0. The molecule has 0 saturated carbocycles. The summed E-state index contributed by atoms with van der Waals surface area (Å²) in [4.78, 5) is 25.2. The zero-order chi connectivity index (χ0) is 26.6. The van der Waals surface area contributed by atoms with Crippen molar-refractivity contribution in [2.75, 3.05) is 12.4 Å². The number of carbonyl (C=O) groups is 1. The van der Waals surface area contributed by atoms with Gasteiger partial charge in [0.05, 0.1) is 19.3 Å². The number of methoxy groups -OCH3 is 1. The van der Waals surface area contributed by atoms with Gasteiger partial charge in [-0.1, -0.05) is 49.2 Å². The minimum absolute atomic E-state index is 0.00714. The van der Waals surface area contributed by atoms with E-state index in [1.807, 2.05) is 38.1 Å². The topological polar surface area (TPSA) is 82.4 Å². The molecule has 1 amide bonds. The van der Waals surface area contributed by atoms with Crippen LogP contribution in [-0.2, 0) is 17.7 Å². The van der Waals surface area contributed by atoms with Gasteiger partial charge in [0.2, 0.25) is 0 Å². The number of rotatable bonds is 7. The first-order chi connectivity index (χ1) is 16.9. The zero-order valence-corrected chi connectivity index (χ0v) is 22.8. The third kappa shape index (κ3) is 7.24. The second-order valence-electron chi connectivity index (χ2n) is 9.78. The molecule has 0 aliphatic rings. The standard InChI is InChI=1S/C27H31Cl2N3O4/c1-16(2)21-11-19(31-32(25(21)33)15-17-7-9-20(35-6)10-8-17)12-22-23(28)13-18(14-24(22)29)30-26(34)36-27(3,4)5/h7-11,13-14,16H,12,15H2,1-6H3,(H,30,34). The third-order valence-corrected chi connectivity index (χ3v) is 5.98. The highest BCUT2D eigenvalue weighted by Gasteiger charge is 2.19. The largest absolute Gasteiger partial charge is 0.497 e. The first-order valence-electron chi connectivity index (χ1n) is 11.6. The second kappa shape index (κ2) is 11.4. The Labute approximate surface area is 221 Å². The average Bonchev–Trinajstić information content (AvgIpc) is 2.77. The number of carbonyl (C=O) groups excluding carboxylic acids is 1. The molecule has 3 aromatic rings. The minimum Gasteiger partial charge on any atom is -0.497 e. The van der Waals surface area contributed by atoms with Crippen LogP contribution >= 0.6 is 23.2 Å². The van der Waals surface area contributed by atoms with Crippen LogP contribution < -0.4 is 15.6 Å². The van der Waals surface area contributed by atoms with Crippen molar-refractivity contribution in [2.45, 2.75) is 59.1 Å². The summed E-state index contributed by atoms with van der Waals surface area (Å²) in [6.45, 7) is 9.59. The van der Waals surface area contributed by atoms with E-state index in [1.54, 1.807) is 46.1 Å². The average molecular weight is 532 g/mol. The number of amides is 1. The number of nitrogens with zero attached hydrogens (tertiary/aromatic N) is 2. The fourth-order valence-electron chi connectivity index (χ4n) is 3.58. The quantitative estimate of drug-likeness (QED) is 0.368. The van der Waals surface area contributed by atoms with Gasteiger partial charge in [0.25, 0.3) is 5.56 Å². The number of hydrogen-bond acceptors (Lipinski definition) is 5. The zero-order valence-electron chi connectivity index (χ0n) is 21.3. The number of nitrogens with one attached hydrogen (secondary N) is 1. The van der Waals surface area contributed by atoms with Crippen LogP contribution in [0.15, 0.2) is 47.3 Å². The number of anilines is 1. The number of halogens is 2. The molecule has 0 fully saturated rings. The summed E-state index contributed by atoms with van der Waals surface area (Å²) < 4.78 is 12.0. The monoisotopic (exact) mass is 531 g/mol. The molecule has 1 heterocycles. The Kier molecular flexibility index (Phi) is 8.69. The van der Waals surface area contributed by atoms with E-state index in [0.29, 0.717) is 45.5 Å². The Hall–Kier alpha value is -3.03. The van der Waals surface area contributed by atoms with Crippen molar-refractivity contribution in [3.63, 3.8) is 0 Å². The molecule has 0 atom stereocenters. The Bertz CT molecular complexity index is 1270. The maximum Gasteiger partial charge on any atom is 0.412 e. The summed E-state index contributed by atoms with van der Waals surface area (Å²) >= 11 is 13.1. The summed E-state index contributed by atoms with van der Waals surface area (Å²) in [5.41, 5.74) is 2.52. The smallest absolute Gasteiger partial charge is 0.412 e. The van der Waals surface area contributed by atoms with Crippen LogP contribution in [0, 0.1) is 0 Å². The highest BCUT2D eigenvalue weighted by Crippen LogP contribution is 2.31. The van der Waals surface area contributed by atoms with Crippen LogP contribution in [0.5, 0.6) is 5.75 Å². The van der Waals surface area contributed by atoms with Crippen LogP contribution in [0.3, 0.4) is 0 Å². The summed E-state index contributed by atoms with van der Waals surface area (Å²) in [5.74, 6) is 0.747. The number of benzene rings is 2. The lowest BCUT2D eigenvalue weighted by Crippen LogP contribution is -2.28. The van der Waals surface area contributed by atoms with Crippen molar-refractivity contribution in [1.82, 2.24) is 9.78 Å². The minimum atomic E-state index is -0.633. The van der Waals surface area contributed by atoms with Crippen molar-refractivity contribution >= 4 is 35.0 Å². The van der Waals surface area contributed by atoms with Gasteiger partial charge in [0, 0.05) is 27.7 Å². The van der Waals surface area contributed by atoms with Gasteiger partial charge in [0.15, 0.2) is 0 Å². The molecule has 9 heteroatoms. The molecule has 1 aromatic heterocycles. The summed E-state index contributed by atoms with van der Waals surface area (Å²) in [6, 6.07) is 12.5. The van der Waals surface area contributed by atoms with Crippen LogP contribution in [0.1, 0.15) is 62.9 Å². The van der Waals surface area contributed by atoms with Crippen LogP contribution in [0.4, 0.5) is 10.5 Å². The molecule has 36 heavy (non-hydrogen) atoms. The maximum atomic E-state index is 13.1. The number of aromatic nitrogens is 2. The Morgan fingerprint density at radius 2 is 1.69 bits per heavy atom. The molecule has 0 radical (unpaired) electrons. The lowest BCUT2D eigenvalue weighted by Gasteiger charge is -2.20. The molecule has 0 spiro atoms. The van der Waals surface area contributed by atoms with Crippen molar-refractivity contribution in [3.05, 3.63) is 85.2 Å². The van der Waals surface area contributed by atoms with Gasteiger partial charge in [-0.15, -0.1) is 0 Å². The first kappa shape index (κ1) is 27.6. The fraction of sp³-hybridized carbons (Fsp3) is 0.370. The van der Waals surface area contributed by atoms with E-state index in [1.165, 1.54) is 4.68 Å². The molecule has 3 rings (SSSR count). The molecule has 2 aromatic carbocycles. The number of ether oxygens (including phenoxy) is 2. The van der Waals surface area contributed by atoms with Crippen LogP contribution in [0.2, 0.25) is 10.0 Å². The Morgan fingerprint density at radius 3 is 2.22 bits per heavy atom. The van der Waals surface area contributed by atoms with Crippen LogP contribution in [0.25, 0.3) is 0 Å². The molecule has 0 saturated heterocycles. The predicted octanol–water partition coefficient (Wildman–Crippen LogP) is 6.67. The molecule has 0 aliphatic carbocycles. The molecule has 0 bridgehead atoms. The fourth-order valence-corrected chi connectivity index (χ4v) is 4.20. The van der Waals surface area contributed by atoms with E-state index in [2.05, 4.69) is 10.4 Å². The Balaban J connectivity index is 1.90. The Morgan fingerprint density at radius 1 is 1.08 bits per heavy atom. The number of hydrogen-bond donors (Lipinski definition) is 1. The van der Waals surface area contributed by atoms with E-state index in [-0.39, 0.29) is 11.5 Å². The maximum absolute atomic E-state index is 13.1. The highest BCUT2D eigenvalue weighted by atomic mass is 35.5. The van der Waals surface area contributed by atoms with Gasteiger partial charge in [0.1, 0.15) is 11.4 Å². The van der Waals surface area contributed by atoms with Gasteiger partial charge in [-0.2, -0.15) is 5.10 Å². The summed E-state index contributed by atoms with van der Waals surface area (Å²) in [7, 11) is 1.61. The van der Waals surface area contributed by atoms with Crippen molar-refractivity contribution < 1.29 is 14.3 Å². The van der Waals surface area contributed by atoms with Gasteiger partial charge in [-0.05, 0) is 68.1 Å². The predicted molar refractivity (Wildman–Crippen MR) is 144 cm³/mol. The van der Waals surface area contributed by atoms with E-state index in [4.69, 9.17) is 32.7 Å². The van der Waals surface area contributed by atoms with Gasteiger partial charge in [-0.3, -0.25) is 10.1 Å². The molecule has 0 unspecified atom stereocenters. The van der Waals surface area contributed by atoms with E-state index >= 15 is 0 Å². The van der Waals surface area contributed by atoms with Crippen molar-refractivity contribution in [1.29, 1.82) is 0 Å². The molecule has 1 N–H and O–H groups in total. The summed E-state index contributed by atoms with van der Waals surface area (Å²) in [6.07, 6.45) is -0.288. The van der Waals surface area contributed by atoms with Gasteiger partial charge >= 0.3 is 6.09 Å². The first-order valence-corrected chi connectivity index (χ1v) is 12.3. The normalized spacial score (nSPS) is 11.5.